The van der Waals surface area contributed by atoms with Gasteiger partial charge in [0.1, 0.15) is 5.82 Å². The Labute approximate surface area is 95.7 Å². The van der Waals surface area contributed by atoms with Gasteiger partial charge in [-0.15, -0.1) is 0 Å². The molecule has 1 aromatic rings. The molecule has 1 heterocycles. The van der Waals surface area contributed by atoms with E-state index in [4.69, 9.17) is 0 Å². The fraction of sp³-hybridized carbons (Fsp3) is 0.538. The van der Waals surface area contributed by atoms with E-state index in [1.54, 1.807) is 19.9 Å². The number of anilines is 1. The van der Waals surface area contributed by atoms with Gasteiger partial charge in [0.25, 0.3) is 0 Å². The summed E-state index contributed by atoms with van der Waals surface area (Å²) in [7, 11) is 1.96. The number of hydrogen-bond acceptors (Lipinski definition) is 2. The average molecular weight is 223 g/mol. The molecule has 0 saturated carbocycles. The van der Waals surface area contributed by atoms with Gasteiger partial charge in [-0.3, -0.25) is 0 Å². The molecule has 0 spiro atoms. The zero-order valence-corrected chi connectivity index (χ0v) is 10.00. The van der Waals surface area contributed by atoms with Crippen LogP contribution >= 0.6 is 0 Å². The first-order chi connectivity index (χ1) is 7.38. The Balaban J connectivity index is 2.24. The fourth-order valence-electron chi connectivity index (χ4n) is 2.43. The van der Waals surface area contributed by atoms with E-state index >= 15 is 0 Å². The molecule has 0 aliphatic carbocycles. The third kappa shape index (κ3) is 2.05. The predicted octanol–water partition coefficient (Wildman–Crippen LogP) is 2.35. The lowest BCUT2D eigenvalue weighted by molar-refractivity contribution is 0.0639. The van der Waals surface area contributed by atoms with Crippen molar-refractivity contribution in [2.24, 2.45) is 0 Å². The van der Waals surface area contributed by atoms with Crippen molar-refractivity contribution in [1.29, 1.82) is 0 Å². The van der Waals surface area contributed by atoms with Gasteiger partial charge in [-0.1, -0.05) is 6.07 Å². The molecule has 1 aromatic carbocycles. The molecule has 0 aromatic heterocycles. The standard InChI is InChI=1S/C13H18FNO/c1-13(2,16)8-9-7-10-11(14)5-4-6-12(10)15(9)3/h4-6,9,16H,7-8H2,1-3H3. The van der Waals surface area contributed by atoms with Gasteiger partial charge in [-0.25, -0.2) is 4.39 Å². The largest absolute Gasteiger partial charge is 0.390 e. The van der Waals surface area contributed by atoms with E-state index in [-0.39, 0.29) is 11.9 Å². The van der Waals surface area contributed by atoms with Crippen molar-refractivity contribution >= 4 is 5.69 Å². The molecule has 0 bridgehead atoms. The topological polar surface area (TPSA) is 23.5 Å². The summed E-state index contributed by atoms with van der Waals surface area (Å²) in [5, 5.41) is 9.82. The van der Waals surface area contributed by atoms with Crippen molar-refractivity contribution in [3.05, 3.63) is 29.6 Å². The number of likely N-dealkylation sites (N-methyl/N-ethyl adjacent to an activating group) is 1. The monoisotopic (exact) mass is 223 g/mol. The summed E-state index contributed by atoms with van der Waals surface area (Å²) in [5.41, 5.74) is 1.02. The molecular formula is C13H18FNO. The van der Waals surface area contributed by atoms with Crippen molar-refractivity contribution < 1.29 is 9.50 Å². The first-order valence-corrected chi connectivity index (χ1v) is 5.61. The Morgan fingerprint density at radius 1 is 1.50 bits per heavy atom. The normalized spacial score (nSPS) is 20.1. The molecule has 1 unspecified atom stereocenters. The van der Waals surface area contributed by atoms with Crippen LogP contribution in [0.25, 0.3) is 0 Å². The zero-order valence-electron chi connectivity index (χ0n) is 10.00. The van der Waals surface area contributed by atoms with E-state index in [0.717, 1.165) is 11.3 Å². The van der Waals surface area contributed by atoms with Crippen LogP contribution in [0.1, 0.15) is 25.8 Å². The van der Waals surface area contributed by atoms with Crippen molar-refractivity contribution in [2.45, 2.75) is 38.3 Å². The number of nitrogens with zero attached hydrogens (tertiary/aromatic N) is 1. The quantitative estimate of drug-likeness (QED) is 0.832. The highest BCUT2D eigenvalue weighted by Crippen LogP contribution is 2.35. The molecular weight excluding hydrogens is 205 g/mol. The summed E-state index contributed by atoms with van der Waals surface area (Å²) in [6.07, 6.45) is 1.33. The third-order valence-corrected chi connectivity index (χ3v) is 3.20. The highest BCUT2D eigenvalue weighted by atomic mass is 19.1. The number of rotatable bonds is 2. The Morgan fingerprint density at radius 2 is 2.19 bits per heavy atom. The Bertz CT molecular complexity index is 397. The third-order valence-electron chi connectivity index (χ3n) is 3.20. The molecule has 2 rings (SSSR count). The number of benzene rings is 1. The minimum atomic E-state index is -0.711. The van der Waals surface area contributed by atoms with Crippen LogP contribution in [0.3, 0.4) is 0 Å². The summed E-state index contributed by atoms with van der Waals surface area (Å²) in [6.45, 7) is 3.58. The lowest BCUT2D eigenvalue weighted by atomic mass is 9.96. The van der Waals surface area contributed by atoms with Crippen LogP contribution in [0, 0.1) is 5.82 Å². The van der Waals surface area contributed by atoms with Crippen molar-refractivity contribution in [3.8, 4) is 0 Å². The summed E-state index contributed by atoms with van der Waals surface area (Å²) >= 11 is 0. The summed E-state index contributed by atoms with van der Waals surface area (Å²) in [5.74, 6) is -0.136. The van der Waals surface area contributed by atoms with Gasteiger partial charge in [-0.05, 0) is 38.8 Å². The van der Waals surface area contributed by atoms with Gasteiger partial charge in [0.05, 0.1) is 5.60 Å². The Hall–Kier alpha value is -1.09. The maximum atomic E-state index is 13.6. The van der Waals surface area contributed by atoms with Gasteiger partial charge in [0.15, 0.2) is 0 Å². The van der Waals surface area contributed by atoms with Crippen LogP contribution in [-0.4, -0.2) is 23.8 Å². The number of aliphatic hydroxyl groups is 1. The molecule has 0 amide bonds. The van der Waals surface area contributed by atoms with Crippen molar-refractivity contribution in [1.82, 2.24) is 0 Å². The maximum absolute atomic E-state index is 13.6. The second-order valence-electron chi connectivity index (χ2n) is 5.22. The number of fused-ring (bicyclic) bond motifs is 1. The van der Waals surface area contributed by atoms with E-state index in [2.05, 4.69) is 4.90 Å². The highest BCUT2D eigenvalue weighted by Gasteiger charge is 2.32. The molecule has 1 N–H and O–H groups in total. The first-order valence-electron chi connectivity index (χ1n) is 5.61. The zero-order chi connectivity index (χ0) is 11.9. The average Bonchev–Trinajstić information content (AvgIpc) is 2.44. The van der Waals surface area contributed by atoms with Crippen molar-refractivity contribution in [2.75, 3.05) is 11.9 Å². The summed E-state index contributed by atoms with van der Waals surface area (Å²) < 4.78 is 13.6. The van der Waals surface area contributed by atoms with Crippen molar-refractivity contribution in [3.63, 3.8) is 0 Å². The van der Waals surface area contributed by atoms with Crippen LogP contribution in [-0.2, 0) is 6.42 Å². The Morgan fingerprint density at radius 3 is 2.75 bits per heavy atom. The summed E-state index contributed by atoms with van der Waals surface area (Å²) in [4.78, 5) is 2.07. The number of hydrogen-bond donors (Lipinski definition) is 1. The minimum Gasteiger partial charge on any atom is -0.390 e. The Kier molecular flexibility index (Phi) is 2.66. The van der Waals surface area contributed by atoms with Gasteiger partial charge in [-0.2, -0.15) is 0 Å². The molecule has 2 nitrogen and oxygen atoms in total. The molecule has 1 aliphatic rings. The predicted molar refractivity (Wildman–Crippen MR) is 63.2 cm³/mol. The molecule has 16 heavy (non-hydrogen) atoms. The molecule has 0 radical (unpaired) electrons. The molecule has 1 atom stereocenters. The SMILES string of the molecule is CN1c2cccc(F)c2CC1CC(C)(C)O. The van der Waals surface area contributed by atoms with Crippen LogP contribution in [0.15, 0.2) is 18.2 Å². The summed E-state index contributed by atoms with van der Waals surface area (Å²) in [6, 6.07) is 5.35. The van der Waals surface area contributed by atoms with Gasteiger partial charge in [0.2, 0.25) is 0 Å². The maximum Gasteiger partial charge on any atom is 0.128 e. The van der Waals surface area contributed by atoms with E-state index in [1.165, 1.54) is 6.07 Å². The highest BCUT2D eigenvalue weighted by molar-refractivity contribution is 5.59. The van der Waals surface area contributed by atoms with Gasteiger partial charge >= 0.3 is 0 Å². The molecule has 1 aliphatic heterocycles. The lowest BCUT2D eigenvalue weighted by Crippen LogP contribution is -2.35. The second kappa shape index (κ2) is 3.74. The van der Waals surface area contributed by atoms with Gasteiger partial charge in [0, 0.05) is 24.3 Å². The second-order valence-corrected chi connectivity index (χ2v) is 5.22. The smallest absolute Gasteiger partial charge is 0.128 e. The van der Waals surface area contributed by atoms with Crippen LogP contribution in [0.4, 0.5) is 10.1 Å². The lowest BCUT2D eigenvalue weighted by Gasteiger charge is -2.28. The van der Waals surface area contributed by atoms with Crippen LogP contribution < -0.4 is 4.90 Å². The van der Waals surface area contributed by atoms with E-state index in [0.29, 0.717) is 12.8 Å². The van der Waals surface area contributed by atoms with E-state index < -0.39 is 5.60 Å². The van der Waals surface area contributed by atoms with Gasteiger partial charge < -0.3 is 10.0 Å². The fourth-order valence-corrected chi connectivity index (χ4v) is 2.43. The molecule has 88 valence electrons. The van der Waals surface area contributed by atoms with E-state index in [9.17, 15) is 9.50 Å². The molecule has 0 saturated heterocycles. The number of halogens is 1. The van der Waals surface area contributed by atoms with Crippen LogP contribution in [0.5, 0.6) is 0 Å². The minimum absolute atomic E-state index is 0.136. The van der Waals surface area contributed by atoms with E-state index in [1.807, 2.05) is 13.1 Å². The molecule has 0 fully saturated rings. The van der Waals surface area contributed by atoms with Crippen LogP contribution in [0.2, 0.25) is 0 Å². The molecule has 3 heteroatoms. The first kappa shape index (κ1) is 11.4.